The minimum atomic E-state index is -0.185. The van der Waals surface area contributed by atoms with E-state index >= 15 is 0 Å². The van der Waals surface area contributed by atoms with Crippen LogP contribution in [0.15, 0.2) is 24.3 Å². The molecule has 1 aliphatic heterocycles. The van der Waals surface area contributed by atoms with Gasteiger partial charge in [-0.2, -0.15) is 0 Å². The molecule has 0 unspecified atom stereocenters. The second-order valence-electron chi connectivity index (χ2n) is 4.67. The molecule has 2 rings (SSSR count). The lowest BCUT2D eigenvalue weighted by atomic mass is 9.95. The maximum Gasteiger partial charge on any atom is 0.183 e. The molecule has 0 bridgehead atoms. The molecule has 0 amide bonds. The van der Waals surface area contributed by atoms with Gasteiger partial charge in [-0.1, -0.05) is 26.0 Å². The fourth-order valence-corrected chi connectivity index (χ4v) is 1.86. The number of ether oxygens (including phenoxy) is 2. The van der Waals surface area contributed by atoms with E-state index in [1.807, 2.05) is 0 Å². The van der Waals surface area contributed by atoms with Crippen LogP contribution in [0.5, 0.6) is 0 Å². The highest BCUT2D eigenvalue weighted by Gasteiger charge is 2.28. The van der Waals surface area contributed by atoms with Gasteiger partial charge in [0, 0.05) is 14.5 Å². The van der Waals surface area contributed by atoms with Crippen LogP contribution in [0, 0.1) is 8.99 Å². The van der Waals surface area contributed by atoms with Crippen molar-refractivity contribution in [3.8, 4) is 0 Å². The van der Waals surface area contributed by atoms with Gasteiger partial charge in [0.1, 0.15) is 0 Å². The van der Waals surface area contributed by atoms with Crippen LogP contribution in [0.2, 0.25) is 0 Å². The molecule has 82 valence electrons. The second-order valence-corrected chi connectivity index (χ2v) is 5.92. The molecule has 0 atom stereocenters. The Balaban J connectivity index is 2.04. The summed E-state index contributed by atoms with van der Waals surface area (Å²) < 4.78 is 12.6. The lowest BCUT2D eigenvalue weighted by molar-refractivity contribution is -0.226. The standard InChI is InChI=1S/C12H15IO2/c1-12(2)7-14-11(15-8-12)9-3-5-10(13)6-4-9/h3-6,11H,7-8H2,1-2H3. The lowest BCUT2D eigenvalue weighted by Gasteiger charge is -2.34. The van der Waals surface area contributed by atoms with Crippen LogP contribution in [0.3, 0.4) is 0 Å². The summed E-state index contributed by atoms with van der Waals surface area (Å²) in [6, 6.07) is 8.26. The Morgan fingerprint density at radius 3 is 2.20 bits per heavy atom. The number of rotatable bonds is 1. The van der Waals surface area contributed by atoms with E-state index in [9.17, 15) is 0 Å². The first kappa shape index (κ1) is 11.4. The third-order valence-corrected chi connectivity index (χ3v) is 3.11. The average Bonchev–Trinajstić information content (AvgIpc) is 2.20. The van der Waals surface area contributed by atoms with Gasteiger partial charge in [0.05, 0.1) is 13.2 Å². The third kappa shape index (κ3) is 2.92. The molecule has 1 aromatic rings. The first-order valence-corrected chi connectivity index (χ1v) is 6.13. The topological polar surface area (TPSA) is 18.5 Å². The molecule has 1 aromatic carbocycles. The minimum Gasteiger partial charge on any atom is -0.348 e. The van der Waals surface area contributed by atoms with Crippen molar-refractivity contribution in [3.63, 3.8) is 0 Å². The van der Waals surface area contributed by atoms with Gasteiger partial charge < -0.3 is 9.47 Å². The summed E-state index contributed by atoms with van der Waals surface area (Å²) in [6.45, 7) is 5.81. The third-order valence-electron chi connectivity index (χ3n) is 2.39. The maximum atomic E-state index is 5.69. The molecule has 3 heteroatoms. The van der Waals surface area contributed by atoms with Crippen molar-refractivity contribution in [2.45, 2.75) is 20.1 Å². The predicted molar refractivity (Wildman–Crippen MR) is 67.6 cm³/mol. The van der Waals surface area contributed by atoms with E-state index in [2.05, 4.69) is 60.7 Å². The quantitative estimate of drug-likeness (QED) is 0.739. The average molecular weight is 318 g/mol. The summed E-state index contributed by atoms with van der Waals surface area (Å²) in [5, 5.41) is 0. The summed E-state index contributed by atoms with van der Waals surface area (Å²) in [6.07, 6.45) is -0.185. The first-order chi connectivity index (χ1) is 7.07. The van der Waals surface area contributed by atoms with E-state index in [-0.39, 0.29) is 11.7 Å². The molecular weight excluding hydrogens is 303 g/mol. The number of halogens is 1. The summed E-state index contributed by atoms with van der Waals surface area (Å²) in [5.41, 5.74) is 1.24. The highest BCUT2D eigenvalue weighted by atomic mass is 127. The van der Waals surface area contributed by atoms with Crippen LogP contribution in [0.4, 0.5) is 0 Å². The van der Waals surface area contributed by atoms with Gasteiger partial charge in [-0.25, -0.2) is 0 Å². The molecule has 0 aliphatic carbocycles. The van der Waals surface area contributed by atoms with Gasteiger partial charge in [0.25, 0.3) is 0 Å². The van der Waals surface area contributed by atoms with Crippen LogP contribution in [-0.2, 0) is 9.47 Å². The zero-order valence-electron chi connectivity index (χ0n) is 9.00. The van der Waals surface area contributed by atoms with Crippen molar-refractivity contribution in [2.75, 3.05) is 13.2 Å². The molecule has 0 radical (unpaired) electrons. The smallest absolute Gasteiger partial charge is 0.183 e. The van der Waals surface area contributed by atoms with Crippen LogP contribution in [0.25, 0.3) is 0 Å². The van der Waals surface area contributed by atoms with Crippen molar-refractivity contribution in [1.29, 1.82) is 0 Å². The second kappa shape index (κ2) is 4.39. The molecule has 1 aliphatic rings. The monoisotopic (exact) mass is 318 g/mol. The summed E-state index contributed by atoms with van der Waals surface area (Å²) in [4.78, 5) is 0. The van der Waals surface area contributed by atoms with Gasteiger partial charge >= 0.3 is 0 Å². The zero-order chi connectivity index (χ0) is 10.9. The summed E-state index contributed by atoms with van der Waals surface area (Å²) in [5.74, 6) is 0. The molecule has 1 fully saturated rings. The number of hydrogen-bond acceptors (Lipinski definition) is 2. The molecule has 1 heterocycles. The van der Waals surface area contributed by atoms with Crippen molar-refractivity contribution < 1.29 is 9.47 Å². The van der Waals surface area contributed by atoms with E-state index in [0.29, 0.717) is 0 Å². The molecule has 0 saturated carbocycles. The van der Waals surface area contributed by atoms with E-state index < -0.39 is 0 Å². The minimum absolute atomic E-state index is 0.139. The number of hydrogen-bond donors (Lipinski definition) is 0. The molecule has 1 saturated heterocycles. The van der Waals surface area contributed by atoms with Gasteiger partial charge in [0.15, 0.2) is 6.29 Å². The van der Waals surface area contributed by atoms with Crippen molar-refractivity contribution in [3.05, 3.63) is 33.4 Å². The fourth-order valence-electron chi connectivity index (χ4n) is 1.50. The van der Waals surface area contributed by atoms with E-state index in [0.717, 1.165) is 18.8 Å². The fraction of sp³-hybridized carbons (Fsp3) is 0.500. The van der Waals surface area contributed by atoms with Crippen LogP contribution < -0.4 is 0 Å². The van der Waals surface area contributed by atoms with Gasteiger partial charge in [-0.15, -0.1) is 0 Å². The molecule has 0 N–H and O–H groups in total. The first-order valence-electron chi connectivity index (χ1n) is 5.05. The van der Waals surface area contributed by atoms with Gasteiger partial charge in [-0.05, 0) is 34.7 Å². The highest BCUT2D eigenvalue weighted by Crippen LogP contribution is 2.30. The van der Waals surface area contributed by atoms with Gasteiger partial charge in [-0.3, -0.25) is 0 Å². The Morgan fingerprint density at radius 1 is 1.13 bits per heavy atom. The van der Waals surface area contributed by atoms with Crippen molar-refractivity contribution in [2.24, 2.45) is 5.41 Å². The van der Waals surface area contributed by atoms with E-state index in [4.69, 9.17) is 9.47 Å². The van der Waals surface area contributed by atoms with E-state index in [1.54, 1.807) is 0 Å². The largest absolute Gasteiger partial charge is 0.348 e. The normalized spacial score (nSPS) is 21.5. The Labute approximate surface area is 104 Å². The molecule has 15 heavy (non-hydrogen) atoms. The molecule has 0 aromatic heterocycles. The van der Waals surface area contributed by atoms with Crippen molar-refractivity contribution >= 4 is 22.6 Å². The SMILES string of the molecule is CC1(C)COC(c2ccc(I)cc2)OC1. The van der Waals surface area contributed by atoms with Crippen molar-refractivity contribution in [1.82, 2.24) is 0 Å². The van der Waals surface area contributed by atoms with Gasteiger partial charge in [0.2, 0.25) is 0 Å². The van der Waals surface area contributed by atoms with Crippen LogP contribution in [-0.4, -0.2) is 13.2 Å². The molecule has 2 nitrogen and oxygen atoms in total. The van der Waals surface area contributed by atoms with E-state index in [1.165, 1.54) is 3.57 Å². The maximum absolute atomic E-state index is 5.69. The van der Waals surface area contributed by atoms with Crippen LogP contribution in [0.1, 0.15) is 25.7 Å². The Kier molecular flexibility index (Phi) is 3.33. The highest BCUT2D eigenvalue weighted by molar-refractivity contribution is 14.1. The summed E-state index contributed by atoms with van der Waals surface area (Å²) in [7, 11) is 0. The molecular formula is C12H15IO2. The predicted octanol–water partition coefficient (Wildman–Crippen LogP) is 3.36. The Hall–Kier alpha value is -0.130. The Bertz CT molecular complexity index is 322. The lowest BCUT2D eigenvalue weighted by Crippen LogP contribution is -2.33. The zero-order valence-corrected chi connectivity index (χ0v) is 11.2. The summed E-state index contributed by atoms with van der Waals surface area (Å²) >= 11 is 2.29. The number of benzene rings is 1. The Morgan fingerprint density at radius 2 is 1.67 bits per heavy atom. The molecule has 0 spiro atoms. The van der Waals surface area contributed by atoms with Crippen LogP contribution >= 0.6 is 22.6 Å².